The molecule has 1 heterocycles. The summed E-state index contributed by atoms with van der Waals surface area (Å²) >= 11 is 0. The van der Waals surface area contributed by atoms with Gasteiger partial charge in [0.15, 0.2) is 0 Å². The molecule has 0 saturated carbocycles. The molecule has 0 radical (unpaired) electrons. The predicted molar refractivity (Wildman–Crippen MR) is 82.6 cm³/mol. The molecule has 0 saturated heterocycles. The fourth-order valence-electron chi connectivity index (χ4n) is 2.73. The minimum absolute atomic E-state index is 0.103. The maximum Gasteiger partial charge on any atom is 0.131 e. The van der Waals surface area contributed by atoms with E-state index in [2.05, 4.69) is 22.2 Å². The van der Waals surface area contributed by atoms with Gasteiger partial charge in [-0.2, -0.15) is 0 Å². The minimum Gasteiger partial charge on any atom is -0.349 e. The van der Waals surface area contributed by atoms with E-state index in [1.165, 1.54) is 0 Å². The van der Waals surface area contributed by atoms with Gasteiger partial charge in [-0.05, 0) is 23.6 Å². The zero-order valence-electron chi connectivity index (χ0n) is 11.9. The molecule has 0 spiro atoms. The molecule has 0 fully saturated rings. The first-order valence-electron chi connectivity index (χ1n) is 7.18. The molecule has 2 N–H and O–H groups in total. The lowest BCUT2D eigenvalue weighted by atomic mass is 9.96. The van der Waals surface area contributed by atoms with Crippen LogP contribution in [-0.4, -0.2) is 16.5 Å². The fourth-order valence-corrected chi connectivity index (χ4v) is 2.73. The Kier molecular flexibility index (Phi) is 3.97. The first-order chi connectivity index (χ1) is 10.3. The summed E-state index contributed by atoms with van der Waals surface area (Å²) in [5, 5.41) is 5.08. The van der Waals surface area contributed by atoms with Crippen LogP contribution in [-0.2, 0) is 6.42 Å². The summed E-state index contributed by atoms with van der Waals surface area (Å²) < 4.78 is 14.0. The predicted octanol–water partition coefficient (Wildman–Crippen LogP) is 3.60. The third kappa shape index (κ3) is 2.81. The van der Waals surface area contributed by atoms with Gasteiger partial charge in [0.05, 0.1) is 0 Å². The van der Waals surface area contributed by atoms with Crippen LogP contribution in [0.3, 0.4) is 0 Å². The Hall–Kier alpha value is -2.20. The first-order valence-corrected chi connectivity index (χ1v) is 7.18. The molecule has 21 heavy (non-hydrogen) atoms. The highest BCUT2D eigenvalue weighted by molar-refractivity contribution is 5.86. The molecule has 0 aliphatic heterocycles. The van der Waals surface area contributed by atoms with Crippen LogP contribution in [0.5, 0.6) is 0 Å². The summed E-state index contributed by atoms with van der Waals surface area (Å²) in [5.41, 5.74) is 1.10. The molecule has 2 aromatic carbocycles. The molecule has 4 heteroatoms. The molecular weight excluding hydrogens is 265 g/mol. The van der Waals surface area contributed by atoms with E-state index in [0.717, 1.165) is 29.7 Å². The second kappa shape index (κ2) is 6.06. The minimum atomic E-state index is -0.178. The molecule has 0 aliphatic rings. The topological polar surface area (TPSA) is 40.7 Å². The number of nitrogens with one attached hydrogen (secondary N) is 2. The number of fused-ring (bicyclic) bond motifs is 1. The number of nitrogens with zero attached hydrogens (tertiary/aromatic N) is 1. The third-order valence-electron chi connectivity index (χ3n) is 3.68. The SMILES string of the molecule is CCNC(Cc1ncc[nH]1)c1ccc(F)c2ccccc12. The molecule has 3 nitrogen and oxygen atoms in total. The van der Waals surface area contributed by atoms with Crippen LogP contribution in [0.1, 0.15) is 24.4 Å². The molecule has 1 atom stereocenters. The van der Waals surface area contributed by atoms with Gasteiger partial charge in [-0.3, -0.25) is 0 Å². The average Bonchev–Trinajstić information content (AvgIpc) is 3.01. The van der Waals surface area contributed by atoms with Crippen molar-refractivity contribution in [3.05, 3.63) is 66.0 Å². The molecule has 0 bridgehead atoms. The largest absolute Gasteiger partial charge is 0.349 e. The van der Waals surface area contributed by atoms with Crippen LogP contribution in [0.4, 0.5) is 4.39 Å². The smallest absolute Gasteiger partial charge is 0.131 e. The van der Waals surface area contributed by atoms with E-state index in [-0.39, 0.29) is 11.9 Å². The first kappa shape index (κ1) is 13.8. The van der Waals surface area contributed by atoms with Crippen LogP contribution in [0.25, 0.3) is 10.8 Å². The zero-order valence-corrected chi connectivity index (χ0v) is 11.9. The van der Waals surface area contributed by atoms with E-state index in [1.54, 1.807) is 12.3 Å². The lowest BCUT2D eigenvalue weighted by Gasteiger charge is -2.19. The molecule has 108 valence electrons. The van der Waals surface area contributed by atoms with Gasteiger partial charge in [0.2, 0.25) is 0 Å². The number of likely N-dealkylation sites (N-methyl/N-ethyl adjacent to an activating group) is 1. The van der Waals surface area contributed by atoms with Crippen LogP contribution < -0.4 is 5.32 Å². The van der Waals surface area contributed by atoms with Crippen molar-refractivity contribution in [2.45, 2.75) is 19.4 Å². The lowest BCUT2D eigenvalue weighted by Crippen LogP contribution is -2.23. The van der Waals surface area contributed by atoms with Crippen molar-refractivity contribution >= 4 is 10.8 Å². The lowest BCUT2D eigenvalue weighted by molar-refractivity contribution is 0.541. The van der Waals surface area contributed by atoms with Crippen LogP contribution >= 0.6 is 0 Å². The van der Waals surface area contributed by atoms with Crippen molar-refractivity contribution in [2.75, 3.05) is 6.54 Å². The molecule has 1 aromatic heterocycles. The summed E-state index contributed by atoms with van der Waals surface area (Å²) in [4.78, 5) is 7.42. The summed E-state index contributed by atoms with van der Waals surface area (Å²) in [7, 11) is 0. The van der Waals surface area contributed by atoms with Gasteiger partial charge in [-0.25, -0.2) is 9.37 Å². The van der Waals surface area contributed by atoms with E-state index in [1.807, 2.05) is 36.5 Å². The summed E-state index contributed by atoms with van der Waals surface area (Å²) in [6.45, 7) is 2.91. The number of hydrogen-bond acceptors (Lipinski definition) is 2. The number of halogens is 1. The van der Waals surface area contributed by atoms with E-state index in [9.17, 15) is 4.39 Å². The maximum absolute atomic E-state index is 14.0. The Morgan fingerprint density at radius 3 is 2.71 bits per heavy atom. The van der Waals surface area contributed by atoms with E-state index in [0.29, 0.717) is 5.39 Å². The molecule has 1 unspecified atom stereocenters. The van der Waals surface area contributed by atoms with Crippen molar-refractivity contribution in [3.63, 3.8) is 0 Å². The van der Waals surface area contributed by atoms with Crippen LogP contribution in [0.15, 0.2) is 48.8 Å². The van der Waals surface area contributed by atoms with E-state index >= 15 is 0 Å². The number of aromatic amines is 1. The van der Waals surface area contributed by atoms with Gasteiger partial charge < -0.3 is 10.3 Å². The fraction of sp³-hybridized carbons (Fsp3) is 0.235. The second-order valence-corrected chi connectivity index (χ2v) is 5.03. The van der Waals surface area contributed by atoms with Gasteiger partial charge in [0.25, 0.3) is 0 Å². The molecule has 3 rings (SSSR count). The summed E-state index contributed by atoms with van der Waals surface area (Å²) in [5.74, 6) is 0.747. The molecule has 0 aliphatic carbocycles. The highest BCUT2D eigenvalue weighted by Crippen LogP contribution is 2.28. The van der Waals surface area contributed by atoms with Gasteiger partial charge in [-0.1, -0.05) is 37.3 Å². The van der Waals surface area contributed by atoms with Gasteiger partial charge >= 0.3 is 0 Å². The monoisotopic (exact) mass is 283 g/mol. The quantitative estimate of drug-likeness (QED) is 0.751. The second-order valence-electron chi connectivity index (χ2n) is 5.03. The number of benzene rings is 2. The number of imidazole rings is 1. The highest BCUT2D eigenvalue weighted by Gasteiger charge is 2.16. The van der Waals surface area contributed by atoms with Crippen molar-refractivity contribution in [2.24, 2.45) is 0 Å². The highest BCUT2D eigenvalue weighted by atomic mass is 19.1. The normalized spacial score (nSPS) is 12.7. The number of aromatic nitrogens is 2. The number of rotatable bonds is 5. The van der Waals surface area contributed by atoms with Crippen molar-refractivity contribution in [1.29, 1.82) is 0 Å². The molecule has 3 aromatic rings. The van der Waals surface area contributed by atoms with Gasteiger partial charge in [-0.15, -0.1) is 0 Å². The van der Waals surface area contributed by atoms with E-state index < -0.39 is 0 Å². The van der Waals surface area contributed by atoms with Crippen molar-refractivity contribution < 1.29 is 4.39 Å². The van der Waals surface area contributed by atoms with Crippen LogP contribution in [0, 0.1) is 5.82 Å². The molecule has 0 amide bonds. The number of hydrogen-bond donors (Lipinski definition) is 2. The van der Waals surface area contributed by atoms with Gasteiger partial charge in [0, 0.05) is 30.2 Å². The van der Waals surface area contributed by atoms with E-state index in [4.69, 9.17) is 0 Å². The zero-order chi connectivity index (χ0) is 14.7. The Bertz CT molecular complexity index is 722. The van der Waals surface area contributed by atoms with Crippen molar-refractivity contribution in [3.8, 4) is 0 Å². The third-order valence-corrected chi connectivity index (χ3v) is 3.68. The Morgan fingerprint density at radius 2 is 2.00 bits per heavy atom. The Balaban J connectivity index is 2.05. The van der Waals surface area contributed by atoms with Gasteiger partial charge in [0.1, 0.15) is 11.6 Å². The summed E-state index contributed by atoms with van der Waals surface area (Å²) in [6.07, 6.45) is 4.32. The standard InChI is InChI=1S/C17H18FN3/c1-2-19-16(11-17-20-9-10-21-17)14-7-8-15(18)13-6-4-3-5-12(13)14/h3-10,16,19H,2,11H2,1H3,(H,20,21). The molecular formula is C17H18FN3. The summed E-state index contributed by atoms with van der Waals surface area (Å²) in [6, 6.07) is 11.1. The maximum atomic E-state index is 14.0. The number of H-pyrrole nitrogens is 1. The Labute approximate surface area is 123 Å². The average molecular weight is 283 g/mol. The Morgan fingerprint density at radius 1 is 1.19 bits per heavy atom. The van der Waals surface area contributed by atoms with Crippen LogP contribution in [0.2, 0.25) is 0 Å². The van der Waals surface area contributed by atoms with Crippen molar-refractivity contribution in [1.82, 2.24) is 15.3 Å².